The van der Waals surface area contributed by atoms with Crippen LogP contribution in [0.4, 0.5) is 14.5 Å². The molecule has 1 spiro atoms. The molecule has 2 atom stereocenters. The average Bonchev–Trinajstić information content (AvgIpc) is 3.21. The van der Waals surface area contributed by atoms with E-state index >= 15 is 0 Å². The van der Waals surface area contributed by atoms with Crippen molar-refractivity contribution < 1.29 is 23.4 Å². The maximum atomic E-state index is 13.0. The van der Waals surface area contributed by atoms with E-state index in [1.165, 1.54) is 23.4 Å². The molecule has 206 valence electrons. The number of carboxylic acid groups (broad SMARTS) is 1. The van der Waals surface area contributed by atoms with Crippen molar-refractivity contribution >= 4 is 23.3 Å². The maximum Gasteiger partial charge on any atom is 0.329 e. The van der Waals surface area contributed by atoms with Gasteiger partial charge in [0.05, 0.1) is 6.61 Å². The van der Waals surface area contributed by atoms with Gasteiger partial charge in [0.2, 0.25) is 0 Å². The molecule has 8 heteroatoms. The van der Waals surface area contributed by atoms with E-state index in [4.69, 9.17) is 16.3 Å². The lowest BCUT2D eigenvalue weighted by molar-refractivity contribution is -0.144. The summed E-state index contributed by atoms with van der Waals surface area (Å²) in [6.07, 6.45) is 3.04. The number of carbonyl (C=O) groups is 1. The predicted octanol–water partition coefficient (Wildman–Crippen LogP) is 7.70. The van der Waals surface area contributed by atoms with Gasteiger partial charge in [0.15, 0.2) is 0 Å². The van der Waals surface area contributed by atoms with Gasteiger partial charge in [-0.2, -0.15) is 0 Å². The minimum absolute atomic E-state index is 0.112. The molecule has 3 aromatic rings. The summed E-state index contributed by atoms with van der Waals surface area (Å²) >= 11 is 6.16. The minimum Gasteiger partial charge on any atom is -0.493 e. The number of aliphatic carboxylic acids is 1. The van der Waals surface area contributed by atoms with E-state index in [2.05, 4.69) is 41.5 Å². The zero-order valence-corrected chi connectivity index (χ0v) is 22.6. The van der Waals surface area contributed by atoms with Crippen LogP contribution in [0, 0.1) is 11.8 Å². The van der Waals surface area contributed by atoms with Crippen LogP contribution in [-0.4, -0.2) is 28.2 Å². The number of anilines is 1. The molecule has 1 fully saturated rings. The number of carboxylic acids is 1. The molecule has 2 aromatic carbocycles. The summed E-state index contributed by atoms with van der Waals surface area (Å²) in [4.78, 5) is 16.3. The SMILES string of the molecule is C[C@@H](COc1ccnc(C(F)F)c1)C[C@H]1Cc2ccccc2C12CCC(Nc1cccc(Cl)c1)(C(=O)O)CC2. The Morgan fingerprint density at radius 3 is 2.62 bits per heavy atom. The van der Waals surface area contributed by atoms with Gasteiger partial charge in [0, 0.05) is 23.0 Å². The highest BCUT2D eigenvalue weighted by Crippen LogP contribution is 2.56. The first-order valence-electron chi connectivity index (χ1n) is 13.4. The van der Waals surface area contributed by atoms with Crippen LogP contribution in [0.1, 0.15) is 62.3 Å². The van der Waals surface area contributed by atoms with Crippen LogP contribution < -0.4 is 10.1 Å². The van der Waals surface area contributed by atoms with Gasteiger partial charge >= 0.3 is 5.97 Å². The predicted molar refractivity (Wildman–Crippen MR) is 148 cm³/mol. The highest BCUT2D eigenvalue weighted by atomic mass is 35.5. The lowest BCUT2D eigenvalue weighted by Crippen LogP contribution is -2.53. The van der Waals surface area contributed by atoms with Crippen molar-refractivity contribution in [2.45, 2.75) is 62.8 Å². The number of nitrogens with one attached hydrogen (secondary N) is 1. The van der Waals surface area contributed by atoms with Gasteiger partial charge < -0.3 is 15.2 Å². The van der Waals surface area contributed by atoms with Crippen molar-refractivity contribution in [2.75, 3.05) is 11.9 Å². The number of halogens is 3. The third-order valence-corrected chi connectivity index (χ3v) is 8.85. The quantitative estimate of drug-likeness (QED) is 0.283. The normalized spacial score (nSPS) is 24.9. The fourth-order valence-corrected chi connectivity index (χ4v) is 6.83. The molecule has 0 amide bonds. The highest BCUT2D eigenvalue weighted by Gasteiger charge is 2.54. The summed E-state index contributed by atoms with van der Waals surface area (Å²) < 4.78 is 31.9. The first-order chi connectivity index (χ1) is 18.7. The van der Waals surface area contributed by atoms with Crippen LogP contribution in [0.25, 0.3) is 0 Å². The van der Waals surface area contributed by atoms with Gasteiger partial charge in [-0.25, -0.2) is 13.6 Å². The second kappa shape index (κ2) is 11.1. The van der Waals surface area contributed by atoms with E-state index in [-0.39, 0.29) is 17.0 Å². The van der Waals surface area contributed by atoms with Crippen LogP contribution in [0.15, 0.2) is 66.9 Å². The molecule has 5 nitrogen and oxygen atoms in total. The number of hydrogen-bond donors (Lipinski definition) is 2. The van der Waals surface area contributed by atoms with Crippen LogP contribution in [0.2, 0.25) is 5.02 Å². The monoisotopic (exact) mass is 554 g/mol. The third kappa shape index (κ3) is 5.60. The standard InChI is InChI=1S/C31H33ClF2N2O3/c1-20(19-39-25-9-14-35-27(18-25)28(33)34)15-22-16-21-5-2-3-8-26(21)30(22)10-12-31(13-11-30,29(37)38)36-24-7-4-6-23(32)17-24/h2-9,14,17-18,20,22,28,36H,10-13,15-16,19H2,1H3,(H,37,38)/t20-,22+,30?,31?/m1/s1. The van der Waals surface area contributed by atoms with Crippen molar-refractivity contribution in [3.8, 4) is 5.75 Å². The van der Waals surface area contributed by atoms with E-state index in [0.717, 1.165) is 25.7 Å². The molecule has 2 aliphatic rings. The van der Waals surface area contributed by atoms with Crippen molar-refractivity contribution in [1.82, 2.24) is 4.98 Å². The molecule has 5 rings (SSSR count). The molecule has 2 aliphatic carbocycles. The Kier molecular flexibility index (Phi) is 7.81. The number of pyridine rings is 1. The summed E-state index contributed by atoms with van der Waals surface area (Å²) in [6, 6.07) is 18.6. The lowest BCUT2D eigenvalue weighted by Gasteiger charge is -2.47. The van der Waals surface area contributed by atoms with Crippen LogP contribution in [-0.2, 0) is 16.6 Å². The fourth-order valence-electron chi connectivity index (χ4n) is 6.64. The van der Waals surface area contributed by atoms with Gasteiger partial charge in [-0.1, -0.05) is 48.9 Å². The molecule has 0 radical (unpaired) electrons. The molecule has 2 N–H and O–H groups in total. The average molecular weight is 555 g/mol. The molecule has 1 aromatic heterocycles. The number of ether oxygens (including phenoxy) is 1. The fraction of sp³-hybridized carbons (Fsp3) is 0.419. The molecule has 0 aliphatic heterocycles. The van der Waals surface area contributed by atoms with Gasteiger partial charge in [0.1, 0.15) is 17.0 Å². The van der Waals surface area contributed by atoms with E-state index < -0.39 is 17.9 Å². The van der Waals surface area contributed by atoms with Gasteiger partial charge in [-0.05, 0) is 91.2 Å². The number of fused-ring (bicyclic) bond motifs is 2. The first-order valence-corrected chi connectivity index (χ1v) is 13.8. The molecule has 39 heavy (non-hydrogen) atoms. The molecule has 0 bridgehead atoms. The number of aromatic nitrogens is 1. The van der Waals surface area contributed by atoms with Gasteiger partial charge in [-0.15, -0.1) is 0 Å². The summed E-state index contributed by atoms with van der Waals surface area (Å²) in [6.45, 7) is 2.53. The van der Waals surface area contributed by atoms with E-state index in [1.54, 1.807) is 18.2 Å². The molecule has 0 saturated heterocycles. The van der Waals surface area contributed by atoms with Crippen molar-refractivity contribution in [3.63, 3.8) is 0 Å². The van der Waals surface area contributed by atoms with E-state index in [9.17, 15) is 18.7 Å². The second-order valence-electron chi connectivity index (χ2n) is 11.1. The topological polar surface area (TPSA) is 71.5 Å². The zero-order chi connectivity index (χ0) is 27.6. The summed E-state index contributed by atoms with van der Waals surface area (Å²) in [5.74, 6) is 0.0654. The summed E-state index contributed by atoms with van der Waals surface area (Å²) in [7, 11) is 0. The Hall–Kier alpha value is -3.19. The number of rotatable bonds is 9. The number of alkyl halides is 2. The van der Waals surface area contributed by atoms with E-state index in [0.29, 0.717) is 41.8 Å². The Morgan fingerprint density at radius 2 is 1.90 bits per heavy atom. The van der Waals surface area contributed by atoms with Gasteiger partial charge in [0.25, 0.3) is 6.43 Å². The lowest BCUT2D eigenvalue weighted by atomic mass is 9.59. The molecular weight excluding hydrogens is 522 g/mol. The maximum absolute atomic E-state index is 13.0. The number of nitrogens with zero attached hydrogens (tertiary/aromatic N) is 1. The Labute approximate surface area is 232 Å². The van der Waals surface area contributed by atoms with Crippen molar-refractivity contribution in [2.24, 2.45) is 11.8 Å². The summed E-state index contributed by atoms with van der Waals surface area (Å²) in [5, 5.41) is 14.2. The molecule has 1 heterocycles. The van der Waals surface area contributed by atoms with Crippen LogP contribution in [0.5, 0.6) is 5.75 Å². The Bertz CT molecular complexity index is 1330. The van der Waals surface area contributed by atoms with Crippen LogP contribution in [0.3, 0.4) is 0 Å². The minimum atomic E-state index is -2.64. The summed E-state index contributed by atoms with van der Waals surface area (Å²) in [5.41, 5.74) is 1.91. The Balaban J connectivity index is 1.32. The van der Waals surface area contributed by atoms with Crippen LogP contribution >= 0.6 is 11.6 Å². The molecule has 1 saturated carbocycles. The third-order valence-electron chi connectivity index (χ3n) is 8.61. The highest BCUT2D eigenvalue weighted by molar-refractivity contribution is 6.30. The number of hydrogen-bond acceptors (Lipinski definition) is 4. The van der Waals surface area contributed by atoms with E-state index in [1.807, 2.05) is 12.1 Å². The Morgan fingerprint density at radius 1 is 1.13 bits per heavy atom. The largest absolute Gasteiger partial charge is 0.493 e. The van der Waals surface area contributed by atoms with Crippen molar-refractivity contribution in [3.05, 3.63) is 88.7 Å². The molecule has 0 unspecified atom stereocenters. The van der Waals surface area contributed by atoms with Gasteiger partial charge in [-0.3, -0.25) is 4.98 Å². The van der Waals surface area contributed by atoms with Crippen molar-refractivity contribution in [1.29, 1.82) is 0 Å². The zero-order valence-electron chi connectivity index (χ0n) is 21.9. The first kappa shape index (κ1) is 27.4. The molecular formula is C31H33ClF2N2O3. The number of benzene rings is 2. The second-order valence-corrected chi connectivity index (χ2v) is 11.5. The smallest absolute Gasteiger partial charge is 0.329 e.